The van der Waals surface area contributed by atoms with Crippen molar-refractivity contribution in [2.45, 2.75) is 59.3 Å². The van der Waals surface area contributed by atoms with Crippen molar-refractivity contribution in [1.82, 2.24) is 0 Å². The van der Waals surface area contributed by atoms with E-state index in [4.69, 9.17) is 4.74 Å². The second-order valence-electron chi connectivity index (χ2n) is 5.59. The van der Waals surface area contributed by atoms with E-state index in [1.165, 1.54) is 42.9 Å². The first-order valence-electron chi connectivity index (χ1n) is 8.54. The molecule has 0 amide bonds. The van der Waals surface area contributed by atoms with Gasteiger partial charge in [-0.15, -0.1) is 0 Å². The maximum absolute atomic E-state index is 5.92. The van der Waals surface area contributed by atoms with Crippen molar-refractivity contribution in [3.05, 3.63) is 40.9 Å². The van der Waals surface area contributed by atoms with Crippen molar-refractivity contribution in [2.24, 2.45) is 0 Å². The van der Waals surface area contributed by atoms with Crippen LogP contribution in [0, 0.1) is 0 Å². The van der Waals surface area contributed by atoms with Gasteiger partial charge in [-0.1, -0.05) is 80.9 Å². The minimum atomic E-state index is 0.818. The Morgan fingerprint density at radius 3 is 2.36 bits per heavy atom. The summed E-state index contributed by atoms with van der Waals surface area (Å²) < 4.78 is 7.03. The van der Waals surface area contributed by atoms with Crippen LogP contribution in [0.2, 0.25) is 0 Å². The minimum absolute atomic E-state index is 0.818. The van der Waals surface area contributed by atoms with Gasteiger partial charge in [-0.3, -0.25) is 0 Å². The smallest absolute Gasteiger partial charge is 0.127 e. The van der Waals surface area contributed by atoms with Gasteiger partial charge in [0.25, 0.3) is 0 Å². The van der Waals surface area contributed by atoms with E-state index in [1.807, 2.05) is 0 Å². The lowest BCUT2D eigenvalue weighted by atomic mass is 10.1. The molecule has 0 saturated carbocycles. The summed E-state index contributed by atoms with van der Waals surface area (Å²) in [4.78, 5) is 0. The Balaban J connectivity index is 0.000000745. The first-order valence-corrected chi connectivity index (χ1v) is 9.33. The van der Waals surface area contributed by atoms with Gasteiger partial charge in [0.2, 0.25) is 0 Å². The number of ether oxygens (including phenoxy) is 1. The van der Waals surface area contributed by atoms with Crippen LogP contribution in [0.15, 0.2) is 40.9 Å². The third kappa shape index (κ3) is 6.83. The third-order valence-corrected chi connectivity index (χ3v) is 3.80. The molecule has 2 heteroatoms. The van der Waals surface area contributed by atoms with E-state index in [1.54, 1.807) is 0 Å². The predicted molar refractivity (Wildman–Crippen MR) is 102 cm³/mol. The molecule has 0 bridgehead atoms. The summed E-state index contributed by atoms with van der Waals surface area (Å²) >= 11 is 3.50. The van der Waals surface area contributed by atoms with E-state index in [0.717, 1.165) is 23.2 Å². The van der Waals surface area contributed by atoms with E-state index < -0.39 is 0 Å². The van der Waals surface area contributed by atoms with Crippen LogP contribution >= 0.6 is 15.9 Å². The zero-order valence-corrected chi connectivity index (χ0v) is 15.8. The fourth-order valence-corrected chi connectivity index (χ4v) is 2.62. The second-order valence-corrected chi connectivity index (χ2v) is 6.51. The molecular formula is C20H29BrO. The highest BCUT2D eigenvalue weighted by Crippen LogP contribution is 2.28. The summed E-state index contributed by atoms with van der Waals surface area (Å²) in [7, 11) is 0. The molecule has 0 saturated heterocycles. The molecule has 22 heavy (non-hydrogen) atoms. The Morgan fingerprint density at radius 2 is 1.64 bits per heavy atom. The summed E-state index contributed by atoms with van der Waals surface area (Å²) in [6, 6.07) is 12.5. The molecule has 0 atom stereocenters. The van der Waals surface area contributed by atoms with Crippen LogP contribution in [-0.4, -0.2) is 6.61 Å². The molecule has 2 aromatic rings. The highest BCUT2D eigenvalue weighted by molar-refractivity contribution is 9.10. The molecule has 0 heterocycles. The fraction of sp³-hybridized carbons (Fsp3) is 0.500. The van der Waals surface area contributed by atoms with Crippen LogP contribution in [0.1, 0.15) is 59.3 Å². The molecule has 0 radical (unpaired) electrons. The maximum atomic E-state index is 5.92. The zero-order chi connectivity index (χ0) is 16.2. The average Bonchev–Trinajstić information content (AvgIpc) is 2.51. The molecular weight excluding hydrogens is 336 g/mol. The highest BCUT2D eigenvalue weighted by Gasteiger charge is 2.02. The molecule has 2 rings (SSSR count). The largest absolute Gasteiger partial charge is 0.493 e. The summed E-state index contributed by atoms with van der Waals surface area (Å²) in [6.07, 6.45) is 7.61. The van der Waals surface area contributed by atoms with E-state index >= 15 is 0 Å². The highest BCUT2D eigenvalue weighted by atomic mass is 79.9. The Kier molecular flexibility index (Phi) is 9.98. The van der Waals surface area contributed by atoms with E-state index in [-0.39, 0.29) is 0 Å². The number of benzene rings is 2. The van der Waals surface area contributed by atoms with Crippen molar-refractivity contribution in [3.63, 3.8) is 0 Å². The van der Waals surface area contributed by atoms with Crippen molar-refractivity contribution in [3.8, 4) is 5.75 Å². The zero-order valence-electron chi connectivity index (χ0n) is 14.2. The normalized spacial score (nSPS) is 10.2. The summed E-state index contributed by atoms with van der Waals surface area (Å²) in [5.41, 5.74) is 0. The van der Waals surface area contributed by atoms with Crippen LogP contribution in [0.3, 0.4) is 0 Å². The van der Waals surface area contributed by atoms with Gasteiger partial charge in [0.05, 0.1) is 6.61 Å². The summed E-state index contributed by atoms with van der Waals surface area (Å²) in [5.74, 6) is 1.00. The van der Waals surface area contributed by atoms with Gasteiger partial charge < -0.3 is 4.74 Å². The molecule has 0 aromatic heterocycles. The van der Waals surface area contributed by atoms with Crippen molar-refractivity contribution in [1.29, 1.82) is 0 Å². The van der Waals surface area contributed by atoms with Gasteiger partial charge in [0, 0.05) is 9.86 Å². The van der Waals surface area contributed by atoms with E-state index in [2.05, 4.69) is 73.1 Å². The molecule has 0 unspecified atom stereocenters. The number of hydrogen-bond donors (Lipinski definition) is 0. The van der Waals surface area contributed by atoms with Crippen LogP contribution in [0.5, 0.6) is 5.75 Å². The quantitative estimate of drug-likeness (QED) is 0.466. The Morgan fingerprint density at radius 1 is 0.909 bits per heavy atom. The summed E-state index contributed by atoms with van der Waals surface area (Å²) in [6.45, 7) is 7.31. The topological polar surface area (TPSA) is 9.23 Å². The molecule has 0 N–H and O–H groups in total. The van der Waals surface area contributed by atoms with Crippen LogP contribution < -0.4 is 4.74 Å². The number of rotatable bonds is 7. The Bertz CT molecular complexity index is 536. The monoisotopic (exact) mass is 364 g/mol. The Labute approximate surface area is 144 Å². The Hall–Kier alpha value is -1.02. The molecule has 0 aliphatic carbocycles. The molecule has 0 fully saturated rings. The van der Waals surface area contributed by atoms with Gasteiger partial charge >= 0.3 is 0 Å². The van der Waals surface area contributed by atoms with E-state index in [9.17, 15) is 0 Å². The molecule has 0 aliphatic heterocycles. The molecule has 0 aliphatic rings. The SMILES string of the molecule is CCC.CCCCCCCOc1cccc2cc(Br)ccc12. The van der Waals surface area contributed by atoms with Crippen molar-refractivity contribution < 1.29 is 4.74 Å². The van der Waals surface area contributed by atoms with Crippen LogP contribution in [0.4, 0.5) is 0 Å². The number of hydrogen-bond acceptors (Lipinski definition) is 1. The van der Waals surface area contributed by atoms with Gasteiger partial charge in [0.15, 0.2) is 0 Å². The van der Waals surface area contributed by atoms with Crippen molar-refractivity contribution in [2.75, 3.05) is 6.61 Å². The van der Waals surface area contributed by atoms with Gasteiger partial charge in [-0.05, 0) is 36.1 Å². The molecule has 1 nitrogen and oxygen atoms in total. The first-order chi connectivity index (χ1) is 10.7. The number of fused-ring (bicyclic) bond motifs is 1. The second kappa shape index (κ2) is 11.5. The minimum Gasteiger partial charge on any atom is -0.493 e. The lowest BCUT2D eigenvalue weighted by molar-refractivity contribution is 0.308. The van der Waals surface area contributed by atoms with Gasteiger partial charge in [-0.2, -0.15) is 0 Å². The van der Waals surface area contributed by atoms with Crippen LogP contribution in [-0.2, 0) is 0 Å². The molecule has 122 valence electrons. The number of unbranched alkanes of at least 4 members (excludes halogenated alkanes) is 4. The standard InChI is InChI=1S/C17H21BrO.C3H8/c1-2-3-4-5-6-12-19-17-9-7-8-14-13-15(18)10-11-16(14)17;1-3-2/h7-11,13H,2-6,12H2,1H3;3H2,1-2H3. The van der Waals surface area contributed by atoms with Crippen molar-refractivity contribution >= 4 is 26.7 Å². The average molecular weight is 365 g/mol. The maximum Gasteiger partial charge on any atom is 0.127 e. The predicted octanol–water partition coefficient (Wildman–Crippen LogP) is 7.37. The van der Waals surface area contributed by atoms with Gasteiger partial charge in [-0.25, -0.2) is 0 Å². The summed E-state index contributed by atoms with van der Waals surface area (Å²) in [5, 5.41) is 2.41. The fourth-order valence-electron chi connectivity index (χ4n) is 2.24. The lowest BCUT2D eigenvalue weighted by Crippen LogP contribution is -1.97. The van der Waals surface area contributed by atoms with Gasteiger partial charge in [0.1, 0.15) is 5.75 Å². The number of halogens is 1. The molecule has 2 aromatic carbocycles. The lowest BCUT2D eigenvalue weighted by Gasteiger charge is -2.09. The van der Waals surface area contributed by atoms with Crippen LogP contribution in [0.25, 0.3) is 10.8 Å². The third-order valence-electron chi connectivity index (χ3n) is 3.31. The molecule has 0 spiro atoms. The first kappa shape index (κ1) is 19.0. The van der Waals surface area contributed by atoms with E-state index in [0.29, 0.717) is 0 Å².